The number of aliphatic carboxylic acids is 2. The Kier molecular flexibility index (Phi) is 9.67. The van der Waals surface area contributed by atoms with Crippen molar-refractivity contribution in [1.82, 2.24) is 21.3 Å². The van der Waals surface area contributed by atoms with E-state index in [1.807, 2.05) is 26.8 Å². The molecule has 4 aliphatic rings. The van der Waals surface area contributed by atoms with E-state index in [-0.39, 0.29) is 60.5 Å². The van der Waals surface area contributed by atoms with E-state index in [0.717, 1.165) is 45.8 Å². The molecule has 0 aliphatic carbocycles. The van der Waals surface area contributed by atoms with Crippen molar-refractivity contribution in [1.29, 1.82) is 0 Å². The average Bonchev–Trinajstić information content (AvgIpc) is 3.59. The number of carbonyl (C=O) groups is 4. The zero-order valence-corrected chi connectivity index (χ0v) is 25.7. The van der Waals surface area contributed by atoms with E-state index in [1.54, 1.807) is 6.08 Å². The molecule has 0 aromatic rings. The normalized spacial score (nSPS) is 30.7. The van der Waals surface area contributed by atoms with Crippen LogP contribution in [0.25, 0.3) is 0 Å². The summed E-state index contributed by atoms with van der Waals surface area (Å²) in [5.74, 6) is -1.84. The monoisotopic (exact) mass is 592 g/mol. The van der Waals surface area contributed by atoms with E-state index in [0.29, 0.717) is 24.8 Å². The molecular weight excluding hydrogens is 548 g/mol. The van der Waals surface area contributed by atoms with Gasteiger partial charge < -0.3 is 31.5 Å². The molecule has 232 valence electrons. The molecule has 10 heteroatoms. The van der Waals surface area contributed by atoms with Crippen molar-refractivity contribution >= 4 is 23.8 Å². The minimum atomic E-state index is -0.883. The van der Waals surface area contributed by atoms with Crippen molar-refractivity contribution in [2.24, 2.45) is 17.8 Å². The largest absolute Gasteiger partial charge is 0.481 e. The SMILES string of the molecule is C=CC1=C(C)C(/C=C2/NC(CC3=C(CCC(=O)O)C(C)/C(=C/C4NC(=O)[C@H](C)[C@H]4CC)N3)C(CCC(=O)O)=C2C)NC1=O. The number of allylic oxidation sites excluding steroid dienone is 2. The molecule has 1 saturated heterocycles. The van der Waals surface area contributed by atoms with Gasteiger partial charge in [0.1, 0.15) is 0 Å². The van der Waals surface area contributed by atoms with Crippen LogP contribution in [0.15, 0.2) is 69.8 Å². The van der Waals surface area contributed by atoms with Crippen molar-refractivity contribution < 1.29 is 29.4 Å². The Labute approximate surface area is 253 Å². The molecule has 0 spiro atoms. The third kappa shape index (κ3) is 6.63. The molecule has 10 nitrogen and oxygen atoms in total. The van der Waals surface area contributed by atoms with Crippen molar-refractivity contribution in [2.45, 2.75) is 91.3 Å². The van der Waals surface area contributed by atoms with Crippen LogP contribution in [-0.4, -0.2) is 52.1 Å². The van der Waals surface area contributed by atoms with Gasteiger partial charge in [-0.15, -0.1) is 0 Å². The van der Waals surface area contributed by atoms with E-state index in [2.05, 4.69) is 47.8 Å². The van der Waals surface area contributed by atoms with Crippen LogP contribution in [0.4, 0.5) is 0 Å². The van der Waals surface area contributed by atoms with Gasteiger partial charge in [-0.3, -0.25) is 19.2 Å². The third-order valence-corrected chi connectivity index (χ3v) is 9.55. The van der Waals surface area contributed by atoms with Gasteiger partial charge in [-0.1, -0.05) is 39.8 Å². The Morgan fingerprint density at radius 1 is 0.953 bits per heavy atom. The summed E-state index contributed by atoms with van der Waals surface area (Å²) in [5, 5.41) is 32.2. The van der Waals surface area contributed by atoms with Crippen LogP contribution in [0.2, 0.25) is 0 Å². The standard InChI is InChI=1S/C33H44N4O6/c1-7-20-19(6)32(42)37-27(20)14-25-18(5)23(10-12-31(40)41)29(35-25)15-28-22(9-11-30(38)39)17(4)24(34-28)13-26-16(3)21(8-2)33(43)36-26/h8,13-14,18-20,26-28,34-35H,2,7,9-12,15H2,1,3-6H3,(H,36,43)(H,37,42)(H,38,39)(H,40,41)/b24-13+,25-14-/t18?,19-,20-,26?,27?,28?/m1/s1. The minimum Gasteiger partial charge on any atom is -0.481 e. The second-order valence-corrected chi connectivity index (χ2v) is 12.0. The highest BCUT2D eigenvalue weighted by atomic mass is 16.4. The maximum absolute atomic E-state index is 12.4. The van der Waals surface area contributed by atoms with Gasteiger partial charge in [-0.25, -0.2) is 0 Å². The van der Waals surface area contributed by atoms with Gasteiger partial charge >= 0.3 is 11.9 Å². The van der Waals surface area contributed by atoms with Crippen LogP contribution in [0.3, 0.4) is 0 Å². The Hall–Kier alpha value is -4.08. The highest BCUT2D eigenvalue weighted by Crippen LogP contribution is 2.39. The average molecular weight is 593 g/mol. The smallest absolute Gasteiger partial charge is 0.303 e. The molecule has 4 heterocycles. The van der Waals surface area contributed by atoms with Crippen LogP contribution in [0.5, 0.6) is 0 Å². The molecule has 0 aromatic heterocycles. The highest BCUT2D eigenvalue weighted by Gasteiger charge is 2.39. The number of rotatable bonds is 12. The Balaban J connectivity index is 1.64. The molecule has 2 amide bonds. The third-order valence-electron chi connectivity index (χ3n) is 9.55. The Morgan fingerprint density at radius 2 is 1.60 bits per heavy atom. The fraction of sp³-hybridized carbons (Fsp3) is 0.515. The summed E-state index contributed by atoms with van der Waals surface area (Å²) < 4.78 is 0. The predicted octanol–water partition coefficient (Wildman–Crippen LogP) is 3.82. The van der Waals surface area contributed by atoms with Gasteiger partial charge in [0.15, 0.2) is 0 Å². The lowest BCUT2D eigenvalue weighted by atomic mass is 9.87. The zero-order chi connectivity index (χ0) is 31.6. The lowest BCUT2D eigenvalue weighted by molar-refractivity contribution is -0.138. The van der Waals surface area contributed by atoms with Gasteiger partial charge in [0, 0.05) is 53.8 Å². The molecular formula is C33H44N4O6. The van der Waals surface area contributed by atoms with Gasteiger partial charge in [-0.05, 0) is 67.1 Å². The zero-order valence-electron chi connectivity index (χ0n) is 25.7. The fourth-order valence-corrected chi connectivity index (χ4v) is 6.90. The molecule has 6 atom stereocenters. The molecule has 4 unspecified atom stereocenters. The van der Waals surface area contributed by atoms with E-state index in [9.17, 15) is 29.4 Å². The predicted molar refractivity (Wildman–Crippen MR) is 163 cm³/mol. The molecule has 4 aliphatic heterocycles. The molecule has 0 saturated carbocycles. The topological polar surface area (TPSA) is 157 Å². The maximum atomic E-state index is 12.4. The summed E-state index contributed by atoms with van der Waals surface area (Å²) in [7, 11) is 0. The molecule has 1 fully saturated rings. The van der Waals surface area contributed by atoms with Crippen LogP contribution in [-0.2, 0) is 19.2 Å². The number of hydrogen-bond acceptors (Lipinski definition) is 6. The first-order chi connectivity index (χ1) is 20.4. The van der Waals surface area contributed by atoms with Gasteiger partial charge in [0.25, 0.3) is 5.91 Å². The van der Waals surface area contributed by atoms with Crippen molar-refractivity contribution in [3.05, 3.63) is 69.8 Å². The second kappa shape index (κ2) is 13.1. The number of carbonyl (C=O) groups excluding carboxylic acids is 2. The van der Waals surface area contributed by atoms with Gasteiger partial charge in [-0.2, -0.15) is 0 Å². The lowest BCUT2D eigenvalue weighted by Gasteiger charge is -2.20. The van der Waals surface area contributed by atoms with Gasteiger partial charge in [0.2, 0.25) is 5.91 Å². The summed E-state index contributed by atoms with van der Waals surface area (Å²) in [5.41, 5.74) is 7.06. The molecule has 6 N–H and O–H groups in total. The summed E-state index contributed by atoms with van der Waals surface area (Å²) in [6, 6.07) is -0.630. The number of amides is 2. The summed E-state index contributed by atoms with van der Waals surface area (Å²) in [4.78, 5) is 47.9. The minimum absolute atomic E-state index is 0.00443. The van der Waals surface area contributed by atoms with Gasteiger partial charge in [0.05, 0.1) is 18.1 Å². The van der Waals surface area contributed by atoms with E-state index >= 15 is 0 Å². The molecule has 0 bridgehead atoms. The fourth-order valence-electron chi connectivity index (χ4n) is 6.90. The van der Waals surface area contributed by atoms with Crippen LogP contribution in [0, 0.1) is 17.8 Å². The molecule has 4 rings (SSSR count). The first-order valence-corrected chi connectivity index (χ1v) is 15.1. The van der Waals surface area contributed by atoms with Crippen LogP contribution >= 0.6 is 0 Å². The second-order valence-electron chi connectivity index (χ2n) is 12.0. The maximum Gasteiger partial charge on any atom is 0.303 e. The van der Waals surface area contributed by atoms with Crippen molar-refractivity contribution in [3.8, 4) is 0 Å². The summed E-state index contributed by atoms with van der Waals surface area (Å²) in [6.07, 6.45) is 7.69. The number of carboxylic acids is 2. The first kappa shape index (κ1) is 31.8. The van der Waals surface area contributed by atoms with Crippen LogP contribution in [0.1, 0.15) is 73.1 Å². The van der Waals surface area contributed by atoms with E-state index in [1.165, 1.54) is 0 Å². The number of carboxylic acid groups (broad SMARTS) is 2. The Morgan fingerprint density at radius 3 is 2.19 bits per heavy atom. The van der Waals surface area contributed by atoms with Crippen molar-refractivity contribution in [3.63, 3.8) is 0 Å². The lowest BCUT2D eigenvalue weighted by Crippen LogP contribution is -2.31. The first-order valence-electron chi connectivity index (χ1n) is 15.1. The highest BCUT2D eigenvalue weighted by molar-refractivity contribution is 6.00. The van der Waals surface area contributed by atoms with E-state index < -0.39 is 11.9 Å². The number of nitrogens with one attached hydrogen (secondary N) is 4. The Bertz CT molecular complexity index is 1380. The van der Waals surface area contributed by atoms with Crippen LogP contribution < -0.4 is 21.3 Å². The number of hydrogen-bond donors (Lipinski definition) is 6. The molecule has 0 aromatic carbocycles. The molecule has 43 heavy (non-hydrogen) atoms. The summed E-state index contributed by atoms with van der Waals surface area (Å²) >= 11 is 0. The quantitative estimate of drug-likeness (QED) is 0.200. The van der Waals surface area contributed by atoms with E-state index in [4.69, 9.17) is 0 Å². The molecule has 0 radical (unpaired) electrons. The summed E-state index contributed by atoms with van der Waals surface area (Å²) in [6.45, 7) is 13.7. The van der Waals surface area contributed by atoms with Crippen molar-refractivity contribution in [2.75, 3.05) is 0 Å².